The minimum absolute atomic E-state index is 0.658. The van der Waals surface area contributed by atoms with Crippen LogP contribution in [0.1, 0.15) is 6.92 Å². The van der Waals surface area contributed by atoms with Crippen molar-refractivity contribution in [3.05, 3.63) is 12.2 Å². The summed E-state index contributed by atoms with van der Waals surface area (Å²) in [6.07, 6.45) is 3.41. The second-order valence-corrected chi connectivity index (χ2v) is 1.38. The lowest BCUT2D eigenvalue weighted by molar-refractivity contribution is -0.112. The number of allylic oxidation sites excluding steroid dienone is 2. The summed E-state index contributed by atoms with van der Waals surface area (Å²) in [4.78, 5) is 9.99. The number of hydrogen-bond donors (Lipinski definition) is 1. The first-order valence-corrected chi connectivity index (χ1v) is 2.69. The third-order valence-corrected chi connectivity index (χ3v) is 0.570. The average Bonchev–Trinajstić information content (AvgIpc) is 1.87. The summed E-state index contributed by atoms with van der Waals surface area (Å²) in [5.41, 5.74) is 4.71. The summed E-state index contributed by atoms with van der Waals surface area (Å²) in [7, 11) is 0. The quantitative estimate of drug-likeness (QED) is 0.466. The molecule has 0 aliphatic carbocycles. The van der Waals surface area contributed by atoms with Crippen LogP contribution in [0.4, 0.5) is 0 Å². The van der Waals surface area contributed by atoms with Crippen LogP contribution >= 0.6 is 0 Å². The maximum Gasteiger partial charge on any atom is 0.294 e. The standard InChI is InChI=1S/C8H7NO/c1-2-3-4-5-6-7-8(9)10/h2-3H,1H3,(H2,9,10)/b3-2+. The highest BCUT2D eigenvalue weighted by Gasteiger charge is 1.74. The van der Waals surface area contributed by atoms with E-state index in [9.17, 15) is 4.79 Å². The Balaban J connectivity index is 3.90. The Labute approximate surface area is 60.1 Å². The molecule has 10 heavy (non-hydrogen) atoms. The van der Waals surface area contributed by atoms with Gasteiger partial charge in [0.2, 0.25) is 0 Å². The largest absolute Gasteiger partial charge is 0.359 e. The summed E-state index contributed by atoms with van der Waals surface area (Å²) < 4.78 is 0. The van der Waals surface area contributed by atoms with Crippen molar-refractivity contribution < 1.29 is 4.79 Å². The zero-order valence-corrected chi connectivity index (χ0v) is 5.64. The van der Waals surface area contributed by atoms with Crippen LogP contribution in [0.3, 0.4) is 0 Å². The highest BCUT2D eigenvalue weighted by atomic mass is 16.1. The van der Waals surface area contributed by atoms with Gasteiger partial charge in [0.25, 0.3) is 5.91 Å². The molecule has 0 spiro atoms. The Morgan fingerprint density at radius 3 is 2.70 bits per heavy atom. The zero-order valence-electron chi connectivity index (χ0n) is 5.64. The smallest absolute Gasteiger partial charge is 0.294 e. The lowest BCUT2D eigenvalue weighted by atomic mass is 10.5. The van der Waals surface area contributed by atoms with Crippen molar-refractivity contribution in [2.45, 2.75) is 6.92 Å². The van der Waals surface area contributed by atoms with Crippen LogP contribution in [0.5, 0.6) is 0 Å². The molecule has 2 heteroatoms. The van der Waals surface area contributed by atoms with E-state index in [1.54, 1.807) is 12.2 Å². The van der Waals surface area contributed by atoms with Crippen molar-refractivity contribution in [2.24, 2.45) is 5.73 Å². The lowest BCUT2D eigenvalue weighted by Crippen LogP contribution is -2.05. The molecule has 0 aliphatic heterocycles. The number of carbonyl (C=O) groups is 1. The number of hydrogen-bond acceptors (Lipinski definition) is 1. The van der Waals surface area contributed by atoms with Crippen molar-refractivity contribution >= 4 is 5.91 Å². The second kappa shape index (κ2) is 5.47. The normalized spacial score (nSPS) is 7.30. The number of primary amides is 1. The molecule has 0 aromatic rings. The lowest BCUT2D eigenvalue weighted by Gasteiger charge is -1.65. The van der Waals surface area contributed by atoms with Gasteiger partial charge in [-0.05, 0) is 24.8 Å². The van der Waals surface area contributed by atoms with Crippen LogP contribution in [0.2, 0.25) is 0 Å². The summed E-state index contributed by atoms with van der Waals surface area (Å²) in [6.45, 7) is 1.84. The number of carbonyl (C=O) groups excluding carboxylic acids is 1. The first-order chi connectivity index (χ1) is 4.77. The van der Waals surface area contributed by atoms with Gasteiger partial charge >= 0.3 is 0 Å². The Hall–Kier alpha value is -1.67. The van der Waals surface area contributed by atoms with Crippen LogP contribution in [0, 0.1) is 23.7 Å². The summed E-state index contributed by atoms with van der Waals surface area (Å²) in [5, 5.41) is 0. The van der Waals surface area contributed by atoms with Gasteiger partial charge < -0.3 is 5.73 Å². The number of amides is 1. The molecule has 0 unspecified atom stereocenters. The molecule has 2 nitrogen and oxygen atoms in total. The molecule has 0 atom stereocenters. The van der Waals surface area contributed by atoms with Crippen molar-refractivity contribution in [3.63, 3.8) is 0 Å². The fourth-order valence-electron chi connectivity index (χ4n) is 0.254. The van der Waals surface area contributed by atoms with Gasteiger partial charge in [-0.2, -0.15) is 0 Å². The van der Waals surface area contributed by atoms with Gasteiger partial charge in [0, 0.05) is 5.92 Å². The Morgan fingerprint density at radius 2 is 2.20 bits per heavy atom. The monoisotopic (exact) mass is 133 g/mol. The van der Waals surface area contributed by atoms with E-state index in [1.165, 1.54) is 0 Å². The van der Waals surface area contributed by atoms with Gasteiger partial charge in [-0.1, -0.05) is 12.0 Å². The van der Waals surface area contributed by atoms with E-state index in [2.05, 4.69) is 23.7 Å². The predicted molar refractivity (Wildman–Crippen MR) is 39.6 cm³/mol. The number of nitrogens with two attached hydrogens (primary N) is 1. The third kappa shape index (κ3) is 6.33. The van der Waals surface area contributed by atoms with E-state index < -0.39 is 5.91 Å². The zero-order chi connectivity index (χ0) is 7.82. The maximum absolute atomic E-state index is 9.99. The molecule has 50 valence electrons. The van der Waals surface area contributed by atoms with E-state index >= 15 is 0 Å². The van der Waals surface area contributed by atoms with Gasteiger partial charge in [-0.15, -0.1) is 0 Å². The first kappa shape index (κ1) is 8.33. The molecule has 0 aliphatic rings. The highest BCUT2D eigenvalue weighted by Crippen LogP contribution is 1.63. The molecule has 0 fully saturated rings. The van der Waals surface area contributed by atoms with Crippen molar-refractivity contribution in [1.29, 1.82) is 0 Å². The fraction of sp³-hybridized carbons (Fsp3) is 0.125. The fourth-order valence-corrected chi connectivity index (χ4v) is 0.254. The van der Waals surface area contributed by atoms with E-state index in [0.717, 1.165) is 0 Å². The van der Waals surface area contributed by atoms with E-state index in [-0.39, 0.29) is 0 Å². The van der Waals surface area contributed by atoms with Gasteiger partial charge in [-0.25, -0.2) is 0 Å². The Bertz CT molecular complexity index is 254. The molecule has 0 radical (unpaired) electrons. The minimum atomic E-state index is -0.658. The van der Waals surface area contributed by atoms with E-state index in [0.29, 0.717) is 0 Å². The molecule has 0 saturated carbocycles. The molecule has 0 bridgehead atoms. The molecule has 0 aromatic carbocycles. The number of rotatable bonds is 0. The molecular formula is C8H7NO. The highest BCUT2D eigenvalue weighted by molar-refractivity contribution is 5.92. The summed E-state index contributed by atoms with van der Waals surface area (Å²) >= 11 is 0. The SMILES string of the molecule is C/C=C/C#CC#CC(N)=O. The third-order valence-electron chi connectivity index (χ3n) is 0.570. The Kier molecular flexibility index (Phi) is 4.55. The van der Waals surface area contributed by atoms with Crippen molar-refractivity contribution in [3.8, 4) is 23.7 Å². The van der Waals surface area contributed by atoms with Gasteiger partial charge in [0.05, 0.1) is 0 Å². The van der Waals surface area contributed by atoms with Crippen LogP contribution in [0.25, 0.3) is 0 Å². The molecule has 0 saturated heterocycles. The molecule has 0 aromatic heterocycles. The van der Waals surface area contributed by atoms with Gasteiger partial charge in [-0.3, -0.25) is 4.79 Å². The second-order valence-electron chi connectivity index (χ2n) is 1.38. The molecular weight excluding hydrogens is 126 g/mol. The first-order valence-electron chi connectivity index (χ1n) is 2.69. The summed E-state index contributed by atoms with van der Waals surface area (Å²) in [5.74, 6) is 8.71. The van der Waals surface area contributed by atoms with Crippen molar-refractivity contribution in [2.75, 3.05) is 0 Å². The van der Waals surface area contributed by atoms with Crippen LogP contribution in [-0.2, 0) is 4.79 Å². The average molecular weight is 133 g/mol. The Morgan fingerprint density at radius 1 is 1.50 bits per heavy atom. The molecule has 0 heterocycles. The molecule has 2 N–H and O–H groups in total. The minimum Gasteiger partial charge on any atom is -0.359 e. The van der Waals surface area contributed by atoms with Gasteiger partial charge in [0.15, 0.2) is 0 Å². The van der Waals surface area contributed by atoms with E-state index in [1.807, 2.05) is 6.92 Å². The molecule has 1 amide bonds. The maximum atomic E-state index is 9.99. The van der Waals surface area contributed by atoms with Crippen molar-refractivity contribution in [1.82, 2.24) is 0 Å². The van der Waals surface area contributed by atoms with Crippen LogP contribution in [-0.4, -0.2) is 5.91 Å². The predicted octanol–water partition coefficient (Wildman–Crippen LogP) is 0.0546. The molecule has 0 rings (SSSR count). The van der Waals surface area contributed by atoms with Crippen LogP contribution < -0.4 is 5.73 Å². The van der Waals surface area contributed by atoms with Crippen LogP contribution in [0.15, 0.2) is 12.2 Å². The summed E-state index contributed by atoms with van der Waals surface area (Å²) in [6, 6.07) is 0. The van der Waals surface area contributed by atoms with Gasteiger partial charge in [0.1, 0.15) is 0 Å². The topological polar surface area (TPSA) is 43.1 Å². The van der Waals surface area contributed by atoms with E-state index in [4.69, 9.17) is 5.73 Å².